The van der Waals surface area contributed by atoms with E-state index in [9.17, 15) is 8.42 Å². The molecule has 5 nitrogen and oxygen atoms in total. The molecule has 0 atom stereocenters. The van der Waals surface area contributed by atoms with E-state index in [2.05, 4.69) is 4.90 Å². The van der Waals surface area contributed by atoms with Crippen molar-refractivity contribution in [3.63, 3.8) is 0 Å². The first-order valence-electron chi connectivity index (χ1n) is 7.62. The summed E-state index contributed by atoms with van der Waals surface area (Å²) in [5.41, 5.74) is 2.22. The van der Waals surface area contributed by atoms with E-state index in [1.807, 2.05) is 12.1 Å². The number of fused-ring (bicyclic) bond motifs is 1. The fourth-order valence-corrected chi connectivity index (χ4v) is 4.69. The molecule has 1 aromatic carbocycles. The molecule has 0 aliphatic carbocycles. The van der Waals surface area contributed by atoms with Crippen molar-refractivity contribution in [1.82, 2.24) is 4.31 Å². The van der Waals surface area contributed by atoms with Crippen LogP contribution in [0.2, 0.25) is 0 Å². The van der Waals surface area contributed by atoms with Crippen LogP contribution in [0.15, 0.2) is 23.1 Å². The van der Waals surface area contributed by atoms with Crippen LogP contribution >= 0.6 is 0 Å². The molecule has 3 rings (SSSR count). The monoisotopic (exact) mass is 310 g/mol. The molecule has 21 heavy (non-hydrogen) atoms. The van der Waals surface area contributed by atoms with Gasteiger partial charge in [-0.3, -0.25) is 0 Å². The second-order valence-electron chi connectivity index (χ2n) is 5.72. The van der Waals surface area contributed by atoms with Gasteiger partial charge >= 0.3 is 0 Å². The summed E-state index contributed by atoms with van der Waals surface area (Å²) in [5.74, 6) is 0. The van der Waals surface area contributed by atoms with Crippen LogP contribution < -0.4 is 4.90 Å². The predicted molar refractivity (Wildman–Crippen MR) is 82.1 cm³/mol. The molecule has 0 spiro atoms. The van der Waals surface area contributed by atoms with Crippen LogP contribution in [0, 0.1) is 0 Å². The number of anilines is 1. The van der Waals surface area contributed by atoms with Crippen molar-refractivity contribution in [1.29, 1.82) is 0 Å². The van der Waals surface area contributed by atoms with E-state index in [1.54, 1.807) is 10.4 Å². The van der Waals surface area contributed by atoms with Gasteiger partial charge in [0, 0.05) is 38.5 Å². The Kier molecular flexibility index (Phi) is 4.19. The Morgan fingerprint density at radius 2 is 1.90 bits per heavy atom. The molecule has 1 fully saturated rings. The van der Waals surface area contributed by atoms with Gasteiger partial charge in [0.05, 0.1) is 4.90 Å². The number of benzene rings is 1. The summed E-state index contributed by atoms with van der Waals surface area (Å²) in [6.45, 7) is 3.11. The number of rotatable bonds is 5. The van der Waals surface area contributed by atoms with Gasteiger partial charge in [-0.1, -0.05) is 6.07 Å². The zero-order chi connectivity index (χ0) is 14.9. The Hall–Kier alpha value is -1.11. The van der Waals surface area contributed by atoms with Crippen molar-refractivity contribution < 1.29 is 13.5 Å². The Bertz CT molecular complexity index is 609. The fraction of sp³-hybridized carbons (Fsp3) is 0.600. The highest BCUT2D eigenvalue weighted by atomic mass is 32.2. The van der Waals surface area contributed by atoms with Gasteiger partial charge in [0.1, 0.15) is 0 Å². The number of hydrogen-bond acceptors (Lipinski definition) is 4. The van der Waals surface area contributed by atoms with E-state index in [4.69, 9.17) is 5.11 Å². The molecule has 2 aliphatic heterocycles. The number of hydrogen-bond donors (Lipinski definition) is 1. The summed E-state index contributed by atoms with van der Waals surface area (Å²) >= 11 is 0. The van der Waals surface area contributed by atoms with Crippen LogP contribution in [0.5, 0.6) is 0 Å². The van der Waals surface area contributed by atoms with E-state index in [-0.39, 0.29) is 6.61 Å². The predicted octanol–water partition coefficient (Wildman–Crippen LogP) is 1.22. The summed E-state index contributed by atoms with van der Waals surface area (Å²) in [4.78, 5) is 2.58. The molecule has 0 amide bonds. The number of aliphatic hydroxyl groups is 1. The van der Waals surface area contributed by atoms with E-state index in [0.717, 1.165) is 38.0 Å². The molecule has 116 valence electrons. The minimum Gasteiger partial charge on any atom is -0.396 e. The smallest absolute Gasteiger partial charge is 0.243 e. The summed E-state index contributed by atoms with van der Waals surface area (Å²) < 4.78 is 26.8. The minimum absolute atomic E-state index is 0.164. The van der Waals surface area contributed by atoms with E-state index >= 15 is 0 Å². The normalized spacial score (nSPS) is 19.2. The van der Waals surface area contributed by atoms with E-state index in [1.165, 1.54) is 5.56 Å². The molecule has 0 aromatic heterocycles. The maximum absolute atomic E-state index is 12.6. The van der Waals surface area contributed by atoms with Crippen molar-refractivity contribution in [3.05, 3.63) is 23.8 Å². The second kappa shape index (κ2) is 5.94. The third kappa shape index (κ3) is 2.80. The average Bonchev–Trinajstić information content (AvgIpc) is 3.14. The quantitative estimate of drug-likeness (QED) is 0.888. The van der Waals surface area contributed by atoms with Crippen LogP contribution in [0.3, 0.4) is 0 Å². The molecule has 0 bridgehead atoms. The lowest BCUT2D eigenvalue weighted by atomic mass is 10.2. The molecule has 0 saturated carbocycles. The van der Waals surface area contributed by atoms with Crippen LogP contribution in [0.1, 0.15) is 24.8 Å². The Morgan fingerprint density at radius 3 is 2.62 bits per heavy atom. The zero-order valence-electron chi connectivity index (χ0n) is 12.2. The van der Waals surface area contributed by atoms with Gasteiger partial charge in [-0.15, -0.1) is 0 Å². The van der Waals surface area contributed by atoms with Gasteiger partial charge in [-0.05, 0) is 43.4 Å². The summed E-state index contributed by atoms with van der Waals surface area (Å²) in [6, 6.07) is 5.49. The van der Waals surface area contributed by atoms with Crippen molar-refractivity contribution >= 4 is 15.7 Å². The van der Waals surface area contributed by atoms with Gasteiger partial charge in [0.15, 0.2) is 0 Å². The lowest BCUT2D eigenvalue weighted by molar-refractivity contribution is 0.290. The van der Waals surface area contributed by atoms with Gasteiger partial charge in [-0.25, -0.2) is 8.42 Å². The average molecular weight is 310 g/mol. The lowest BCUT2D eigenvalue weighted by Gasteiger charge is -2.21. The molecular weight excluding hydrogens is 288 g/mol. The Labute approximate surface area is 126 Å². The first-order valence-corrected chi connectivity index (χ1v) is 9.06. The largest absolute Gasteiger partial charge is 0.396 e. The maximum atomic E-state index is 12.6. The molecular formula is C15H22N2O3S. The molecule has 0 unspecified atom stereocenters. The first-order chi connectivity index (χ1) is 10.1. The molecule has 1 saturated heterocycles. The van der Waals surface area contributed by atoms with Crippen LogP contribution in [0.4, 0.5) is 5.69 Å². The third-order valence-electron chi connectivity index (χ3n) is 4.34. The third-order valence-corrected chi connectivity index (χ3v) is 6.23. The van der Waals surface area contributed by atoms with Gasteiger partial charge in [-0.2, -0.15) is 4.31 Å². The Morgan fingerprint density at radius 1 is 1.14 bits per heavy atom. The standard InChI is InChI=1S/C15H22N2O3S/c18-11-3-7-16-10-6-13-4-5-14(12-15(13)16)21(19,20)17-8-1-2-9-17/h4-5,12,18H,1-3,6-11H2. The minimum atomic E-state index is -3.35. The molecule has 0 radical (unpaired) electrons. The summed E-state index contributed by atoms with van der Waals surface area (Å²) in [5, 5.41) is 8.97. The highest BCUT2D eigenvalue weighted by molar-refractivity contribution is 7.89. The highest BCUT2D eigenvalue weighted by Crippen LogP contribution is 2.32. The Balaban J connectivity index is 1.88. The second-order valence-corrected chi connectivity index (χ2v) is 7.65. The number of sulfonamides is 1. The van der Waals surface area contributed by atoms with E-state index in [0.29, 0.717) is 24.4 Å². The van der Waals surface area contributed by atoms with Crippen LogP contribution in [-0.4, -0.2) is 50.6 Å². The summed E-state index contributed by atoms with van der Waals surface area (Å²) in [6.07, 6.45) is 3.56. The fourth-order valence-electron chi connectivity index (χ4n) is 3.16. The van der Waals surface area contributed by atoms with Crippen LogP contribution in [0.25, 0.3) is 0 Å². The SMILES string of the molecule is O=S(=O)(c1ccc2c(c1)N(CCCO)CC2)N1CCCC1. The highest BCUT2D eigenvalue weighted by Gasteiger charge is 2.29. The zero-order valence-corrected chi connectivity index (χ0v) is 13.0. The van der Waals surface area contributed by atoms with Crippen molar-refractivity contribution in [2.24, 2.45) is 0 Å². The topological polar surface area (TPSA) is 60.9 Å². The lowest BCUT2D eigenvalue weighted by Crippen LogP contribution is -2.28. The van der Waals surface area contributed by atoms with Gasteiger partial charge < -0.3 is 10.0 Å². The van der Waals surface area contributed by atoms with Crippen molar-refractivity contribution in [2.75, 3.05) is 37.7 Å². The number of nitrogens with zero attached hydrogens (tertiary/aromatic N) is 2. The maximum Gasteiger partial charge on any atom is 0.243 e. The molecule has 1 aromatic rings. The molecule has 2 heterocycles. The molecule has 6 heteroatoms. The van der Waals surface area contributed by atoms with E-state index < -0.39 is 10.0 Å². The van der Waals surface area contributed by atoms with Crippen LogP contribution in [-0.2, 0) is 16.4 Å². The van der Waals surface area contributed by atoms with Crippen molar-refractivity contribution in [2.45, 2.75) is 30.6 Å². The van der Waals surface area contributed by atoms with Gasteiger partial charge in [0.2, 0.25) is 10.0 Å². The van der Waals surface area contributed by atoms with Gasteiger partial charge in [0.25, 0.3) is 0 Å². The molecule has 2 aliphatic rings. The summed E-state index contributed by atoms with van der Waals surface area (Å²) in [7, 11) is -3.35. The molecule has 1 N–H and O–H groups in total. The van der Waals surface area contributed by atoms with Crippen molar-refractivity contribution in [3.8, 4) is 0 Å². The first kappa shape index (κ1) is 14.8. The number of aliphatic hydroxyl groups excluding tert-OH is 1.